The number of aryl methyl sites for hydroxylation is 2. The molecule has 8 heteroatoms. The summed E-state index contributed by atoms with van der Waals surface area (Å²) in [6, 6.07) is 11.9. The molecule has 0 atom stereocenters. The second-order valence-corrected chi connectivity index (χ2v) is 7.84. The molecule has 0 saturated heterocycles. The highest BCUT2D eigenvalue weighted by atomic mass is 16.2. The molecule has 0 radical (unpaired) electrons. The molecule has 0 bridgehead atoms. The maximum atomic E-state index is 13.3. The molecule has 0 fully saturated rings. The van der Waals surface area contributed by atoms with Crippen LogP contribution in [0.5, 0.6) is 0 Å². The van der Waals surface area contributed by atoms with E-state index in [1.165, 1.54) is 0 Å². The third-order valence-corrected chi connectivity index (χ3v) is 5.61. The van der Waals surface area contributed by atoms with Crippen LogP contribution in [0.2, 0.25) is 0 Å². The Labute approximate surface area is 185 Å². The Kier molecular flexibility index (Phi) is 5.77. The van der Waals surface area contributed by atoms with Crippen LogP contribution < -0.4 is 16.2 Å². The first kappa shape index (κ1) is 21.3. The first-order valence-corrected chi connectivity index (χ1v) is 10.4. The fraction of sp³-hybridized carbons (Fsp3) is 0.250. The third kappa shape index (κ3) is 3.99. The second-order valence-electron chi connectivity index (χ2n) is 7.84. The number of carbonyl (C=O) groups excluding carboxylic acids is 1. The van der Waals surface area contributed by atoms with E-state index in [2.05, 4.69) is 25.6 Å². The van der Waals surface area contributed by atoms with Crippen LogP contribution in [-0.4, -0.2) is 32.5 Å². The van der Waals surface area contributed by atoms with Gasteiger partial charge in [0.2, 0.25) is 5.95 Å². The van der Waals surface area contributed by atoms with Crippen LogP contribution in [0.25, 0.3) is 11.0 Å². The molecule has 0 spiro atoms. The lowest BCUT2D eigenvalue weighted by Crippen LogP contribution is -2.28. The maximum absolute atomic E-state index is 13.3. The van der Waals surface area contributed by atoms with Crippen LogP contribution >= 0.6 is 0 Å². The maximum Gasteiger partial charge on any atom is 0.254 e. The number of benzene rings is 1. The molecule has 0 saturated carbocycles. The van der Waals surface area contributed by atoms with Crippen molar-refractivity contribution >= 4 is 22.9 Å². The van der Waals surface area contributed by atoms with E-state index in [1.54, 1.807) is 13.2 Å². The fourth-order valence-electron chi connectivity index (χ4n) is 3.97. The molecule has 4 aromatic rings. The van der Waals surface area contributed by atoms with Gasteiger partial charge in [-0.1, -0.05) is 30.3 Å². The predicted octanol–water partition coefficient (Wildman–Crippen LogP) is 3.06. The van der Waals surface area contributed by atoms with E-state index in [4.69, 9.17) is 0 Å². The minimum Gasteiger partial charge on any atom is -0.357 e. The van der Waals surface area contributed by atoms with Gasteiger partial charge in [0.1, 0.15) is 5.65 Å². The van der Waals surface area contributed by atoms with E-state index in [9.17, 15) is 9.59 Å². The van der Waals surface area contributed by atoms with E-state index in [-0.39, 0.29) is 18.0 Å². The topological polar surface area (TPSA) is 105 Å². The second kappa shape index (κ2) is 8.66. The van der Waals surface area contributed by atoms with E-state index in [1.807, 2.05) is 61.7 Å². The van der Waals surface area contributed by atoms with Gasteiger partial charge in [-0.15, -0.1) is 0 Å². The third-order valence-electron chi connectivity index (χ3n) is 5.61. The summed E-state index contributed by atoms with van der Waals surface area (Å²) in [5, 5.41) is 6.54. The number of nitrogens with zero attached hydrogens (tertiary/aromatic N) is 3. The van der Waals surface area contributed by atoms with Crippen molar-refractivity contribution in [2.75, 3.05) is 12.4 Å². The number of nitrogens with one attached hydrogen (secondary N) is 3. The first-order chi connectivity index (χ1) is 15.4. The van der Waals surface area contributed by atoms with E-state index < -0.39 is 0 Å². The molecule has 1 aromatic carbocycles. The molecule has 0 aliphatic heterocycles. The number of H-pyrrole nitrogens is 1. The molecular formula is C24H26N6O2. The van der Waals surface area contributed by atoms with Gasteiger partial charge in [-0.05, 0) is 38.0 Å². The standard InChI is InChI=1S/C24H26N6O2/c1-14-10-15(2)28-22(31)18(14)11-26-23(32)20-16(3)30(13-17-8-6-5-7-9-17)21-19(20)12-27-24(25-4)29-21/h5-10,12H,11,13H2,1-4H3,(H,26,32)(H,28,31)(H,25,27,29). The zero-order valence-corrected chi connectivity index (χ0v) is 18.6. The van der Waals surface area contributed by atoms with Crippen molar-refractivity contribution in [3.05, 3.63) is 86.6 Å². The van der Waals surface area contributed by atoms with Gasteiger partial charge in [0, 0.05) is 43.3 Å². The molecule has 0 aliphatic carbocycles. The van der Waals surface area contributed by atoms with Crippen LogP contribution in [0, 0.1) is 20.8 Å². The van der Waals surface area contributed by atoms with Crippen molar-refractivity contribution in [3.63, 3.8) is 0 Å². The van der Waals surface area contributed by atoms with Gasteiger partial charge in [-0.3, -0.25) is 9.59 Å². The average Bonchev–Trinajstić information content (AvgIpc) is 3.04. The number of aromatic amines is 1. The van der Waals surface area contributed by atoms with Crippen molar-refractivity contribution in [2.45, 2.75) is 33.9 Å². The van der Waals surface area contributed by atoms with Crippen LogP contribution in [0.15, 0.2) is 47.4 Å². The van der Waals surface area contributed by atoms with Crippen molar-refractivity contribution in [3.8, 4) is 0 Å². The number of anilines is 1. The number of hydrogen-bond donors (Lipinski definition) is 3. The SMILES string of the molecule is CNc1ncc2c(C(=O)NCc3c(C)cc(C)[nH]c3=O)c(C)n(Cc3ccccc3)c2n1. The molecular weight excluding hydrogens is 404 g/mol. The molecule has 32 heavy (non-hydrogen) atoms. The number of carbonyl (C=O) groups is 1. The molecule has 4 rings (SSSR count). The molecule has 0 unspecified atom stereocenters. The minimum atomic E-state index is -0.264. The van der Waals surface area contributed by atoms with Crippen LogP contribution in [0.3, 0.4) is 0 Å². The van der Waals surface area contributed by atoms with Gasteiger partial charge < -0.3 is 20.2 Å². The number of hydrogen-bond acceptors (Lipinski definition) is 5. The summed E-state index contributed by atoms with van der Waals surface area (Å²) in [5.74, 6) is 0.220. The van der Waals surface area contributed by atoms with Gasteiger partial charge >= 0.3 is 0 Å². The van der Waals surface area contributed by atoms with Gasteiger partial charge in [0.25, 0.3) is 11.5 Å². The first-order valence-electron chi connectivity index (χ1n) is 10.4. The van der Waals surface area contributed by atoms with Crippen molar-refractivity contribution < 1.29 is 4.79 Å². The van der Waals surface area contributed by atoms with Crippen molar-refractivity contribution in [1.29, 1.82) is 0 Å². The van der Waals surface area contributed by atoms with Gasteiger partial charge in [-0.2, -0.15) is 4.98 Å². The summed E-state index contributed by atoms with van der Waals surface area (Å²) < 4.78 is 2.02. The highest BCUT2D eigenvalue weighted by Gasteiger charge is 2.22. The normalized spacial score (nSPS) is 11.0. The molecule has 8 nitrogen and oxygen atoms in total. The quantitative estimate of drug-likeness (QED) is 0.436. The predicted molar refractivity (Wildman–Crippen MR) is 125 cm³/mol. The van der Waals surface area contributed by atoms with Crippen molar-refractivity contribution in [1.82, 2.24) is 24.8 Å². The smallest absolute Gasteiger partial charge is 0.254 e. The van der Waals surface area contributed by atoms with Crippen LogP contribution in [-0.2, 0) is 13.1 Å². The number of fused-ring (bicyclic) bond motifs is 1. The highest BCUT2D eigenvalue weighted by Crippen LogP contribution is 2.26. The Balaban J connectivity index is 1.73. The highest BCUT2D eigenvalue weighted by molar-refractivity contribution is 6.07. The number of rotatable bonds is 6. The Bertz CT molecular complexity index is 1350. The van der Waals surface area contributed by atoms with Crippen LogP contribution in [0.4, 0.5) is 5.95 Å². The molecule has 3 N–H and O–H groups in total. The zero-order chi connectivity index (χ0) is 22.8. The zero-order valence-electron chi connectivity index (χ0n) is 18.6. The molecule has 0 aliphatic rings. The summed E-state index contributed by atoms with van der Waals surface area (Å²) in [5.41, 5.74) is 5.08. The number of pyridine rings is 1. The summed E-state index contributed by atoms with van der Waals surface area (Å²) >= 11 is 0. The number of amides is 1. The average molecular weight is 431 g/mol. The fourth-order valence-corrected chi connectivity index (χ4v) is 3.97. The van der Waals surface area contributed by atoms with E-state index in [0.29, 0.717) is 34.7 Å². The minimum absolute atomic E-state index is 0.139. The van der Waals surface area contributed by atoms with Gasteiger partial charge in [-0.25, -0.2) is 4.98 Å². The summed E-state index contributed by atoms with van der Waals surface area (Å²) in [4.78, 5) is 37.3. The van der Waals surface area contributed by atoms with Crippen molar-refractivity contribution in [2.24, 2.45) is 0 Å². The Morgan fingerprint density at radius 1 is 1.16 bits per heavy atom. The Morgan fingerprint density at radius 2 is 1.91 bits per heavy atom. The summed E-state index contributed by atoms with van der Waals surface area (Å²) in [6.07, 6.45) is 1.67. The Hall–Kier alpha value is -3.94. The summed E-state index contributed by atoms with van der Waals surface area (Å²) in [7, 11) is 1.76. The lowest BCUT2D eigenvalue weighted by atomic mass is 10.1. The number of aromatic nitrogens is 4. The summed E-state index contributed by atoms with van der Waals surface area (Å²) in [6.45, 7) is 6.32. The van der Waals surface area contributed by atoms with Gasteiger partial charge in [0.15, 0.2) is 0 Å². The molecule has 1 amide bonds. The van der Waals surface area contributed by atoms with Gasteiger partial charge in [0.05, 0.1) is 10.9 Å². The monoisotopic (exact) mass is 430 g/mol. The van der Waals surface area contributed by atoms with E-state index in [0.717, 1.165) is 22.5 Å². The molecule has 3 heterocycles. The van der Waals surface area contributed by atoms with Crippen LogP contribution in [0.1, 0.15) is 38.4 Å². The Morgan fingerprint density at radius 3 is 2.59 bits per heavy atom. The molecule has 3 aromatic heterocycles. The lowest BCUT2D eigenvalue weighted by Gasteiger charge is -2.10. The largest absolute Gasteiger partial charge is 0.357 e. The lowest BCUT2D eigenvalue weighted by molar-refractivity contribution is 0.0951. The molecule has 164 valence electrons. The van der Waals surface area contributed by atoms with E-state index >= 15 is 0 Å².